The van der Waals surface area contributed by atoms with Crippen LogP contribution in [0.15, 0.2) is 12.3 Å². The Kier molecular flexibility index (Phi) is 4.18. The molecule has 4 heteroatoms. The number of aromatic nitrogens is 1. The second kappa shape index (κ2) is 5.85. The summed E-state index contributed by atoms with van der Waals surface area (Å²) in [4.78, 5) is 16.2. The lowest BCUT2D eigenvalue weighted by molar-refractivity contribution is 0.0953. The topological polar surface area (TPSA) is 54.0 Å². The standard InChI is InChI=1S/C14H21N3O/c1-10-8-13(15-2)12(9-17-10)14(18)16-7-3-4-11-5-6-11/h8-9,11H,3-7H2,1-2H3,(H,15,17)(H,16,18). The smallest absolute Gasteiger partial charge is 0.254 e. The molecular formula is C14H21N3O. The molecule has 2 N–H and O–H groups in total. The minimum atomic E-state index is -0.0392. The number of amides is 1. The first kappa shape index (κ1) is 12.9. The lowest BCUT2D eigenvalue weighted by Crippen LogP contribution is -2.25. The summed E-state index contributed by atoms with van der Waals surface area (Å²) in [5.74, 6) is 0.887. The van der Waals surface area contributed by atoms with Gasteiger partial charge in [-0.05, 0) is 31.7 Å². The second-order valence-corrected chi connectivity index (χ2v) is 4.96. The largest absolute Gasteiger partial charge is 0.387 e. The van der Waals surface area contributed by atoms with Crippen LogP contribution in [0.2, 0.25) is 0 Å². The van der Waals surface area contributed by atoms with Gasteiger partial charge in [-0.25, -0.2) is 0 Å². The van der Waals surface area contributed by atoms with Gasteiger partial charge in [0.15, 0.2) is 0 Å². The molecule has 4 nitrogen and oxygen atoms in total. The minimum Gasteiger partial charge on any atom is -0.387 e. The van der Waals surface area contributed by atoms with Crippen molar-refractivity contribution in [2.24, 2.45) is 5.92 Å². The highest BCUT2D eigenvalue weighted by Crippen LogP contribution is 2.33. The molecule has 1 amide bonds. The van der Waals surface area contributed by atoms with Crippen molar-refractivity contribution >= 4 is 11.6 Å². The van der Waals surface area contributed by atoms with E-state index in [0.29, 0.717) is 5.56 Å². The van der Waals surface area contributed by atoms with Crippen LogP contribution in [0.5, 0.6) is 0 Å². The monoisotopic (exact) mass is 247 g/mol. The lowest BCUT2D eigenvalue weighted by Gasteiger charge is -2.10. The fourth-order valence-electron chi connectivity index (χ4n) is 2.04. The zero-order valence-corrected chi connectivity index (χ0v) is 11.1. The second-order valence-electron chi connectivity index (χ2n) is 4.96. The molecule has 1 aromatic rings. The highest BCUT2D eigenvalue weighted by Gasteiger charge is 2.20. The van der Waals surface area contributed by atoms with Gasteiger partial charge >= 0.3 is 0 Å². The molecule has 0 aromatic carbocycles. The van der Waals surface area contributed by atoms with E-state index in [1.54, 1.807) is 6.20 Å². The summed E-state index contributed by atoms with van der Waals surface area (Å²) < 4.78 is 0. The third kappa shape index (κ3) is 3.45. The Morgan fingerprint density at radius 3 is 2.94 bits per heavy atom. The number of nitrogens with one attached hydrogen (secondary N) is 2. The molecule has 98 valence electrons. The van der Waals surface area contributed by atoms with Crippen LogP contribution in [0.4, 0.5) is 5.69 Å². The molecule has 18 heavy (non-hydrogen) atoms. The third-order valence-electron chi connectivity index (χ3n) is 3.33. The van der Waals surface area contributed by atoms with E-state index in [0.717, 1.165) is 30.3 Å². The van der Waals surface area contributed by atoms with Crippen LogP contribution in [0.1, 0.15) is 41.7 Å². The van der Waals surface area contributed by atoms with E-state index in [1.807, 2.05) is 20.0 Å². The molecular weight excluding hydrogens is 226 g/mol. The Hall–Kier alpha value is -1.58. The summed E-state index contributed by atoms with van der Waals surface area (Å²) >= 11 is 0. The van der Waals surface area contributed by atoms with Crippen molar-refractivity contribution < 1.29 is 4.79 Å². The number of rotatable bonds is 6. The van der Waals surface area contributed by atoms with Gasteiger partial charge in [0.25, 0.3) is 5.91 Å². The number of nitrogens with zero attached hydrogens (tertiary/aromatic N) is 1. The number of aryl methyl sites for hydroxylation is 1. The Labute approximate surface area is 108 Å². The molecule has 0 bridgehead atoms. The van der Waals surface area contributed by atoms with Gasteiger partial charge in [-0.15, -0.1) is 0 Å². The van der Waals surface area contributed by atoms with Crippen LogP contribution < -0.4 is 10.6 Å². The zero-order valence-electron chi connectivity index (χ0n) is 11.1. The van der Waals surface area contributed by atoms with E-state index in [-0.39, 0.29) is 5.91 Å². The Bertz CT molecular complexity index is 427. The Morgan fingerprint density at radius 2 is 2.28 bits per heavy atom. The molecule has 0 radical (unpaired) electrons. The molecule has 0 atom stereocenters. The van der Waals surface area contributed by atoms with Crippen LogP contribution in [0, 0.1) is 12.8 Å². The van der Waals surface area contributed by atoms with Crippen LogP contribution in [-0.2, 0) is 0 Å². The maximum absolute atomic E-state index is 12.0. The lowest BCUT2D eigenvalue weighted by atomic mass is 10.2. The van der Waals surface area contributed by atoms with Gasteiger partial charge in [-0.2, -0.15) is 0 Å². The summed E-state index contributed by atoms with van der Waals surface area (Å²) in [7, 11) is 1.82. The van der Waals surface area contributed by atoms with Gasteiger partial charge in [0.05, 0.1) is 11.3 Å². The minimum absolute atomic E-state index is 0.0392. The zero-order chi connectivity index (χ0) is 13.0. The predicted octanol–water partition coefficient (Wildman–Crippen LogP) is 2.35. The van der Waals surface area contributed by atoms with Gasteiger partial charge in [0.2, 0.25) is 0 Å². The van der Waals surface area contributed by atoms with Gasteiger partial charge in [-0.3, -0.25) is 9.78 Å². The first-order valence-electron chi connectivity index (χ1n) is 6.63. The summed E-state index contributed by atoms with van der Waals surface area (Å²) in [5, 5.41) is 5.99. The van der Waals surface area contributed by atoms with E-state index >= 15 is 0 Å². The van der Waals surface area contributed by atoms with Crippen molar-refractivity contribution in [3.63, 3.8) is 0 Å². The highest BCUT2D eigenvalue weighted by atomic mass is 16.1. The van der Waals surface area contributed by atoms with Crippen LogP contribution in [-0.4, -0.2) is 24.5 Å². The predicted molar refractivity (Wildman–Crippen MR) is 72.8 cm³/mol. The molecule has 2 rings (SSSR count). The Morgan fingerprint density at radius 1 is 1.50 bits per heavy atom. The van der Waals surface area contributed by atoms with Gasteiger partial charge in [0, 0.05) is 25.5 Å². The molecule has 0 spiro atoms. The van der Waals surface area contributed by atoms with Crippen molar-refractivity contribution in [1.29, 1.82) is 0 Å². The average Bonchev–Trinajstić information content (AvgIpc) is 3.18. The summed E-state index contributed by atoms with van der Waals surface area (Å²) in [6.07, 6.45) is 6.70. The summed E-state index contributed by atoms with van der Waals surface area (Å²) in [6, 6.07) is 1.89. The third-order valence-corrected chi connectivity index (χ3v) is 3.33. The summed E-state index contributed by atoms with van der Waals surface area (Å²) in [6.45, 7) is 2.67. The number of carbonyl (C=O) groups is 1. The van der Waals surface area contributed by atoms with Crippen LogP contribution in [0.3, 0.4) is 0 Å². The number of pyridine rings is 1. The Balaban J connectivity index is 1.86. The SMILES string of the molecule is CNc1cc(C)ncc1C(=O)NCCCC1CC1. The number of hydrogen-bond acceptors (Lipinski definition) is 3. The molecule has 1 aliphatic rings. The molecule has 1 saturated carbocycles. The maximum atomic E-state index is 12.0. The van der Waals surface area contributed by atoms with E-state index in [9.17, 15) is 4.79 Å². The normalized spacial score (nSPS) is 14.3. The first-order chi connectivity index (χ1) is 8.70. The molecule has 1 aliphatic carbocycles. The molecule has 1 fully saturated rings. The van der Waals surface area contributed by atoms with Crippen molar-refractivity contribution in [1.82, 2.24) is 10.3 Å². The van der Waals surface area contributed by atoms with E-state index < -0.39 is 0 Å². The van der Waals surface area contributed by atoms with Crippen LogP contribution >= 0.6 is 0 Å². The van der Waals surface area contributed by atoms with E-state index in [1.165, 1.54) is 19.3 Å². The first-order valence-corrected chi connectivity index (χ1v) is 6.63. The van der Waals surface area contributed by atoms with E-state index in [2.05, 4.69) is 15.6 Å². The van der Waals surface area contributed by atoms with Crippen molar-refractivity contribution in [3.8, 4) is 0 Å². The average molecular weight is 247 g/mol. The van der Waals surface area contributed by atoms with Gasteiger partial charge in [-0.1, -0.05) is 12.8 Å². The number of carbonyl (C=O) groups excluding carboxylic acids is 1. The van der Waals surface area contributed by atoms with Gasteiger partial charge < -0.3 is 10.6 Å². The molecule has 0 aliphatic heterocycles. The fraction of sp³-hybridized carbons (Fsp3) is 0.571. The summed E-state index contributed by atoms with van der Waals surface area (Å²) in [5.41, 5.74) is 2.36. The molecule has 0 saturated heterocycles. The van der Waals surface area contributed by atoms with Crippen molar-refractivity contribution in [2.75, 3.05) is 18.9 Å². The van der Waals surface area contributed by atoms with E-state index in [4.69, 9.17) is 0 Å². The molecule has 1 heterocycles. The number of hydrogen-bond donors (Lipinski definition) is 2. The van der Waals surface area contributed by atoms with Gasteiger partial charge in [0.1, 0.15) is 0 Å². The van der Waals surface area contributed by atoms with Crippen LogP contribution in [0.25, 0.3) is 0 Å². The molecule has 1 aromatic heterocycles. The number of anilines is 1. The maximum Gasteiger partial charge on any atom is 0.254 e. The van der Waals surface area contributed by atoms with Crippen molar-refractivity contribution in [2.45, 2.75) is 32.6 Å². The molecule has 0 unspecified atom stereocenters. The fourth-order valence-corrected chi connectivity index (χ4v) is 2.04. The quantitative estimate of drug-likeness (QED) is 0.759. The van der Waals surface area contributed by atoms with Crippen molar-refractivity contribution in [3.05, 3.63) is 23.5 Å². The highest BCUT2D eigenvalue weighted by molar-refractivity contribution is 5.99.